The summed E-state index contributed by atoms with van der Waals surface area (Å²) in [5.41, 5.74) is 0.172. The molecule has 0 spiro atoms. The fraction of sp³-hybridized carbons (Fsp3) is 0.800. The molecule has 3 fully saturated rings. The lowest BCUT2D eigenvalue weighted by molar-refractivity contribution is -0.119. The van der Waals surface area contributed by atoms with Crippen LogP contribution < -0.4 is 0 Å². The van der Waals surface area contributed by atoms with E-state index in [0.717, 1.165) is 38.5 Å². The smallest absolute Gasteiger partial charge is 0.156 e. The predicted octanol–water partition coefficient (Wildman–Crippen LogP) is 3.77. The number of aliphatic hydroxyl groups is 1. The van der Waals surface area contributed by atoms with Crippen LogP contribution in [-0.2, 0) is 4.79 Å². The van der Waals surface area contributed by atoms with Crippen LogP contribution in [0.25, 0.3) is 0 Å². The third-order valence-electron chi connectivity index (χ3n) is 8.30. The van der Waals surface area contributed by atoms with Crippen LogP contribution in [0.4, 0.5) is 0 Å². The normalized spacial score (nSPS) is 52.0. The lowest BCUT2D eigenvalue weighted by atomic mass is 9.46. The van der Waals surface area contributed by atoms with Gasteiger partial charge in [0.15, 0.2) is 11.4 Å². The van der Waals surface area contributed by atoms with Crippen LogP contribution in [0.15, 0.2) is 11.6 Å². The van der Waals surface area contributed by atoms with Crippen LogP contribution in [-0.4, -0.2) is 16.5 Å². The number of nitrogens with zero attached hydrogens (tertiary/aromatic N) is 1. The van der Waals surface area contributed by atoms with Gasteiger partial charge in [0.2, 0.25) is 0 Å². The molecule has 4 aliphatic carbocycles. The maximum Gasteiger partial charge on any atom is 0.156 e. The van der Waals surface area contributed by atoms with E-state index in [-0.39, 0.29) is 10.8 Å². The van der Waals surface area contributed by atoms with Crippen molar-refractivity contribution in [1.29, 1.82) is 5.26 Å². The monoisotopic (exact) mass is 313 g/mol. The molecule has 0 bridgehead atoms. The lowest BCUT2D eigenvalue weighted by Crippen LogP contribution is -2.54. The average molecular weight is 313 g/mol. The minimum Gasteiger partial charge on any atom is -0.375 e. The number of carbonyl (C=O) groups excluding carboxylic acids is 1. The first-order valence-electron chi connectivity index (χ1n) is 9.22. The first kappa shape index (κ1) is 15.4. The molecule has 0 aromatic rings. The molecule has 0 aromatic heterocycles. The van der Waals surface area contributed by atoms with Crippen molar-refractivity contribution in [1.82, 2.24) is 0 Å². The molecule has 3 nitrogen and oxygen atoms in total. The summed E-state index contributed by atoms with van der Waals surface area (Å²) in [6.45, 7) is 4.53. The fourth-order valence-electron chi connectivity index (χ4n) is 6.76. The van der Waals surface area contributed by atoms with Gasteiger partial charge in [-0.05, 0) is 74.2 Å². The largest absolute Gasteiger partial charge is 0.375 e. The minimum atomic E-state index is -1.14. The molecule has 0 radical (unpaired) electrons. The van der Waals surface area contributed by atoms with E-state index in [0.29, 0.717) is 36.4 Å². The maximum atomic E-state index is 11.8. The number of ketones is 1. The van der Waals surface area contributed by atoms with E-state index < -0.39 is 5.60 Å². The average Bonchev–Trinajstić information content (AvgIpc) is 2.80. The summed E-state index contributed by atoms with van der Waals surface area (Å²) < 4.78 is 0. The number of nitriles is 1. The zero-order valence-electron chi connectivity index (χ0n) is 14.3. The van der Waals surface area contributed by atoms with Gasteiger partial charge < -0.3 is 5.11 Å². The van der Waals surface area contributed by atoms with Crippen LogP contribution in [0.5, 0.6) is 0 Å². The van der Waals surface area contributed by atoms with E-state index in [1.165, 1.54) is 5.57 Å². The van der Waals surface area contributed by atoms with Crippen molar-refractivity contribution in [2.24, 2.45) is 28.6 Å². The Morgan fingerprint density at radius 2 is 1.87 bits per heavy atom. The Hall–Kier alpha value is -1.14. The van der Waals surface area contributed by atoms with Crippen molar-refractivity contribution in [2.45, 2.75) is 70.8 Å². The van der Waals surface area contributed by atoms with Gasteiger partial charge in [0.25, 0.3) is 0 Å². The molecule has 0 aliphatic heterocycles. The van der Waals surface area contributed by atoms with Gasteiger partial charge in [0.1, 0.15) is 0 Å². The number of hydrogen-bond acceptors (Lipinski definition) is 3. The van der Waals surface area contributed by atoms with Gasteiger partial charge in [-0.3, -0.25) is 4.79 Å². The number of fused-ring (bicyclic) bond motifs is 5. The van der Waals surface area contributed by atoms with Crippen LogP contribution >= 0.6 is 0 Å². The van der Waals surface area contributed by atoms with E-state index in [4.69, 9.17) is 0 Å². The Bertz CT molecular complexity index is 632. The van der Waals surface area contributed by atoms with Gasteiger partial charge in [-0.15, -0.1) is 0 Å². The van der Waals surface area contributed by atoms with E-state index in [1.807, 2.05) is 6.08 Å². The Kier molecular flexibility index (Phi) is 3.14. The highest BCUT2D eigenvalue weighted by atomic mass is 16.3. The molecular weight excluding hydrogens is 286 g/mol. The number of carbonyl (C=O) groups is 1. The highest BCUT2D eigenvalue weighted by Gasteiger charge is 2.64. The van der Waals surface area contributed by atoms with Gasteiger partial charge in [-0.1, -0.05) is 19.4 Å². The van der Waals surface area contributed by atoms with Crippen LogP contribution in [0.2, 0.25) is 0 Å². The van der Waals surface area contributed by atoms with E-state index in [1.54, 1.807) is 0 Å². The lowest BCUT2D eigenvalue weighted by Gasteiger charge is -2.58. The Labute approximate surface area is 138 Å². The van der Waals surface area contributed by atoms with Gasteiger partial charge in [-0.2, -0.15) is 5.26 Å². The van der Waals surface area contributed by atoms with Crippen LogP contribution in [0.1, 0.15) is 65.2 Å². The predicted molar refractivity (Wildman–Crippen MR) is 87.3 cm³/mol. The zero-order valence-corrected chi connectivity index (χ0v) is 14.3. The summed E-state index contributed by atoms with van der Waals surface area (Å²) in [7, 11) is 0. The van der Waals surface area contributed by atoms with E-state index in [2.05, 4.69) is 19.9 Å². The van der Waals surface area contributed by atoms with Gasteiger partial charge in [0, 0.05) is 11.8 Å². The molecule has 1 N–H and O–H groups in total. The number of rotatable bonds is 0. The Morgan fingerprint density at radius 3 is 2.61 bits per heavy atom. The second-order valence-corrected chi connectivity index (χ2v) is 8.94. The van der Waals surface area contributed by atoms with Gasteiger partial charge in [-0.25, -0.2) is 0 Å². The molecule has 0 heterocycles. The fourth-order valence-corrected chi connectivity index (χ4v) is 6.76. The quantitative estimate of drug-likeness (QED) is 0.692. The summed E-state index contributed by atoms with van der Waals surface area (Å²) in [5, 5.41) is 20.4. The summed E-state index contributed by atoms with van der Waals surface area (Å²) in [6.07, 6.45) is 9.42. The van der Waals surface area contributed by atoms with Crippen molar-refractivity contribution in [3.05, 3.63) is 11.6 Å². The summed E-state index contributed by atoms with van der Waals surface area (Å²) in [5.74, 6) is 1.99. The Balaban J connectivity index is 1.70. The van der Waals surface area contributed by atoms with Crippen molar-refractivity contribution >= 4 is 5.78 Å². The number of allylic oxidation sites excluding steroid dienone is 1. The molecule has 23 heavy (non-hydrogen) atoms. The minimum absolute atomic E-state index is 0.172. The third-order valence-corrected chi connectivity index (χ3v) is 8.30. The van der Waals surface area contributed by atoms with E-state index in [9.17, 15) is 15.2 Å². The maximum absolute atomic E-state index is 11.8. The standard InChI is InChI=1S/C20H27NO2/c1-18-8-5-14(22)11-13(18)3-4-15-16(18)6-9-19(2)17(15)7-10-20(19,23)12-21/h11,15-17,23H,3-10H2,1-2H3/t15?,16?,17?,18-,19-,20?/m0/s1. The van der Waals surface area contributed by atoms with Crippen molar-refractivity contribution < 1.29 is 9.90 Å². The van der Waals surface area contributed by atoms with Crippen LogP contribution in [0, 0.1) is 39.9 Å². The SMILES string of the molecule is C[C@]12CCC(=O)C=C1CCC1C2CC[C@@]2(C)C1CCC2(O)C#N. The van der Waals surface area contributed by atoms with Crippen LogP contribution in [0.3, 0.4) is 0 Å². The molecule has 3 saturated carbocycles. The Morgan fingerprint density at radius 1 is 1.13 bits per heavy atom. The summed E-state index contributed by atoms with van der Waals surface area (Å²) in [6, 6.07) is 2.25. The second kappa shape index (κ2) is 4.70. The summed E-state index contributed by atoms with van der Waals surface area (Å²) in [4.78, 5) is 11.8. The number of hydrogen-bond donors (Lipinski definition) is 1. The first-order valence-corrected chi connectivity index (χ1v) is 9.22. The molecule has 6 atom stereocenters. The molecule has 3 heteroatoms. The second-order valence-electron chi connectivity index (χ2n) is 8.94. The zero-order chi connectivity index (χ0) is 16.5. The van der Waals surface area contributed by atoms with Crippen molar-refractivity contribution in [2.75, 3.05) is 0 Å². The molecule has 4 unspecified atom stereocenters. The van der Waals surface area contributed by atoms with E-state index >= 15 is 0 Å². The van der Waals surface area contributed by atoms with Gasteiger partial charge >= 0.3 is 0 Å². The molecule has 0 aromatic carbocycles. The van der Waals surface area contributed by atoms with Crippen molar-refractivity contribution in [3.63, 3.8) is 0 Å². The molecular formula is C20H27NO2. The summed E-state index contributed by atoms with van der Waals surface area (Å²) >= 11 is 0. The first-order chi connectivity index (χ1) is 10.8. The van der Waals surface area contributed by atoms with Gasteiger partial charge in [0.05, 0.1) is 6.07 Å². The highest BCUT2D eigenvalue weighted by Crippen LogP contribution is 2.67. The van der Waals surface area contributed by atoms with Crippen molar-refractivity contribution in [3.8, 4) is 6.07 Å². The molecule has 0 saturated heterocycles. The molecule has 124 valence electrons. The highest BCUT2D eigenvalue weighted by molar-refractivity contribution is 5.91. The topological polar surface area (TPSA) is 61.1 Å². The molecule has 0 amide bonds. The molecule has 4 rings (SSSR count). The molecule has 4 aliphatic rings. The third kappa shape index (κ3) is 1.82.